The van der Waals surface area contributed by atoms with Crippen molar-refractivity contribution >= 4 is 11.8 Å². The molecule has 0 aliphatic carbocycles. The van der Waals surface area contributed by atoms with Crippen molar-refractivity contribution < 1.29 is 9.59 Å². The summed E-state index contributed by atoms with van der Waals surface area (Å²) in [6.07, 6.45) is 1.63. The molecule has 2 aromatic carbocycles. The van der Waals surface area contributed by atoms with E-state index in [1.807, 2.05) is 70.2 Å². The quantitative estimate of drug-likeness (QED) is 0.717. The number of nitrogens with zero attached hydrogens (tertiary/aromatic N) is 1. The van der Waals surface area contributed by atoms with Crippen LogP contribution in [0, 0.1) is 6.92 Å². The van der Waals surface area contributed by atoms with Crippen molar-refractivity contribution in [2.75, 3.05) is 6.54 Å². The Morgan fingerprint density at radius 3 is 2.25 bits per heavy atom. The molecular weight excluding hydrogens is 348 g/mol. The molecule has 1 atom stereocenters. The van der Waals surface area contributed by atoms with Crippen LogP contribution in [0.3, 0.4) is 0 Å². The van der Waals surface area contributed by atoms with E-state index in [4.69, 9.17) is 0 Å². The van der Waals surface area contributed by atoms with Crippen molar-refractivity contribution in [1.82, 2.24) is 10.2 Å². The van der Waals surface area contributed by atoms with Gasteiger partial charge in [-0.15, -0.1) is 0 Å². The molecule has 28 heavy (non-hydrogen) atoms. The largest absolute Gasteiger partial charge is 0.352 e. The van der Waals surface area contributed by atoms with Crippen molar-refractivity contribution in [2.45, 2.75) is 59.0 Å². The van der Waals surface area contributed by atoms with Gasteiger partial charge >= 0.3 is 0 Å². The van der Waals surface area contributed by atoms with E-state index in [2.05, 4.69) is 17.4 Å². The zero-order valence-electron chi connectivity index (χ0n) is 17.4. The van der Waals surface area contributed by atoms with Gasteiger partial charge in [-0.2, -0.15) is 0 Å². The van der Waals surface area contributed by atoms with Crippen molar-refractivity contribution in [3.05, 3.63) is 71.3 Å². The van der Waals surface area contributed by atoms with E-state index in [0.717, 1.165) is 23.1 Å². The van der Waals surface area contributed by atoms with Crippen LogP contribution in [0.4, 0.5) is 0 Å². The highest BCUT2D eigenvalue weighted by atomic mass is 16.2. The summed E-state index contributed by atoms with van der Waals surface area (Å²) in [6.45, 7) is 8.38. The third-order valence-electron chi connectivity index (χ3n) is 4.90. The minimum Gasteiger partial charge on any atom is -0.352 e. The van der Waals surface area contributed by atoms with Crippen molar-refractivity contribution in [3.63, 3.8) is 0 Å². The minimum atomic E-state index is -0.456. The Morgan fingerprint density at radius 1 is 1.00 bits per heavy atom. The normalized spacial score (nSPS) is 11.9. The Bertz CT molecular complexity index is 771. The van der Waals surface area contributed by atoms with Gasteiger partial charge in [-0.25, -0.2) is 0 Å². The summed E-state index contributed by atoms with van der Waals surface area (Å²) in [4.78, 5) is 27.7. The number of aryl methyl sites for hydroxylation is 1. The number of carbonyl (C=O) groups is 2. The van der Waals surface area contributed by atoms with Gasteiger partial charge in [0.1, 0.15) is 6.04 Å². The zero-order chi connectivity index (χ0) is 20.5. The molecule has 2 amide bonds. The van der Waals surface area contributed by atoms with Gasteiger partial charge in [0.2, 0.25) is 11.8 Å². The third kappa shape index (κ3) is 6.22. The van der Waals surface area contributed by atoms with E-state index in [1.165, 1.54) is 0 Å². The topological polar surface area (TPSA) is 49.4 Å². The zero-order valence-corrected chi connectivity index (χ0v) is 17.4. The SMILES string of the molecule is CC[C@@H](C(=O)NC(C)C)N(CCc1ccccc1)C(=O)Cc1ccccc1C. The number of hydrogen-bond acceptors (Lipinski definition) is 2. The summed E-state index contributed by atoms with van der Waals surface area (Å²) in [5, 5.41) is 2.97. The van der Waals surface area contributed by atoms with Crippen LogP contribution in [0.25, 0.3) is 0 Å². The smallest absolute Gasteiger partial charge is 0.242 e. The molecule has 0 unspecified atom stereocenters. The first kappa shape index (κ1) is 21.7. The second-order valence-electron chi connectivity index (χ2n) is 7.51. The number of amides is 2. The van der Waals surface area contributed by atoms with E-state index >= 15 is 0 Å². The highest BCUT2D eigenvalue weighted by Gasteiger charge is 2.28. The number of nitrogens with one attached hydrogen (secondary N) is 1. The molecule has 2 rings (SSSR count). The first-order valence-corrected chi connectivity index (χ1v) is 10.1. The van der Waals surface area contributed by atoms with Crippen molar-refractivity contribution in [2.24, 2.45) is 0 Å². The van der Waals surface area contributed by atoms with E-state index in [0.29, 0.717) is 19.4 Å². The van der Waals surface area contributed by atoms with Crippen LogP contribution in [-0.2, 0) is 22.4 Å². The number of benzene rings is 2. The van der Waals surface area contributed by atoms with Crippen LogP contribution in [0.5, 0.6) is 0 Å². The Balaban J connectivity index is 2.21. The van der Waals surface area contributed by atoms with Gasteiger partial charge in [-0.05, 0) is 50.3 Å². The van der Waals surface area contributed by atoms with E-state index in [-0.39, 0.29) is 17.9 Å². The van der Waals surface area contributed by atoms with Gasteiger partial charge in [0.15, 0.2) is 0 Å². The van der Waals surface area contributed by atoms with Crippen LogP contribution < -0.4 is 5.32 Å². The number of carbonyl (C=O) groups excluding carboxylic acids is 2. The molecule has 0 aliphatic heterocycles. The number of rotatable bonds is 9. The molecule has 1 N–H and O–H groups in total. The minimum absolute atomic E-state index is 0.00372. The summed E-state index contributed by atoms with van der Waals surface area (Å²) in [7, 11) is 0. The Kier molecular flexibility index (Phi) is 8.24. The predicted octanol–water partition coefficient (Wildman–Crippen LogP) is 3.91. The van der Waals surface area contributed by atoms with Gasteiger partial charge in [0, 0.05) is 12.6 Å². The Hall–Kier alpha value is -2.62. The molecule has 0 heterocycles. The maximum Gasteiger partial charge on any atom is 0.242 e. The van der Waals surface area contributed by atoms with Gasteiger partial charge in [0.25, 0.3) is 0 Å². The molecule has 0 saturated carbocycles. The van der Waals surface area contributed by atoms with Crippen molar-refractivity contribution in [1.29, 1.82) is 0 Å². The van der Waals surface area contributed by atoms with Crippen LogP contribution >= 0.6 is 0 Å². The molecule has 2 aromatic rings. The maximum absolute atomic E-state index is 13.2. The maximum atomic E-state index is 13.2. The summed E-state index contributed by atoms with van der Waals surface area (Å²) in [6, 6.07) is 17.6. The summed E-state index contributed by atoms with van der Waals surface area (Å²) < 4.78 is 0. The summed E-state index contributed by atoms with van der Waals surface area (Å²) in [5.41, 5.74) is 3.27. The number of hydrogen-bond donors (Lipinski definition) is 1. The fraction of sp³-hybridized carbons (Fsp3) is 0.417. The van der Waals surface area contributed by atoms with Crippen LogP contribution in [-0.4, -0.2) is 35.3 Å². The van der Waals surface area contributed by atoms with Gasteiger partial charge < -0.3 is 10.2 Å². The molecule has 150 valence electrons. The fourth-order valence-electron chi connectivity index (χ4n) is 3.35. The first-order valence-electron chi connectivity index (χ1n) is 10.1. The monoisotopic (exact) mass is 380 g/mol. The van der Waals surface area contributed by atoms with Crippen LogP contribution in [0.2, 0.25) is 0 Å². The lowest BCUT2D eigenvalue weighted by Crippen LogP contribution is -2.51. The van der Waals surface area contributed by atoms with E-state index < -0.39 is 6.04 Å². The lowest BCUT2D eigenvalue weighted by molar-refractivity contribution is -0.140. The molecule has 0 radical (unpaired) electrons. The lowest BCUT2D eigenvalue weighted by Gasteiger charge is -2.31. The molecule has 0 bridgehead atoms. The average molecular weight is 381 g/mol. The van der Waals surface area contributed by atoms with Gasteiger partial charge in [-0.3, -0.25) is 9.59 Å². The van der Waals surface area contributed by atoms with E-state index in [1.54, 1.807) is 4.90 Å². The molecule has 0 fully saturated rings. The molecule has 0 aromatic heterocycles. The molecule has 4 nitrogen and oxygen atoms in total. The summed E-state index contributed by atoms with van der Waals surface area (Å²) in [5.74, 6) is -0.0836. The molecule has 4 heteroatoms. The second-order valence-corrected chi connectivity index (χ2v) is 7.51. The highest BCUT2D eigenvalue weighted by molar-refractivity contribution is 5.88. The third-order valence-corrected chi connectivity index (χ3v) is 4.90. The Morgan fingerprint density at radius 2 is 1.64 bits per heavy atom. The molecule has 0 aliphatic rings. The standard InChI is InChI=1S/C24H32N2O2/c1-5-22(24(28)25-18(2)3)26(16-15-20-12-7-6-8-13-20)23(27)17-21-14-10-9-11-19(21)4/h6-14,18,22H,5,15-17H2,1-4H3,(H,25,28)/t22-/m0/s1. The molecule has 0 spiro atoms. The summed E-state index contributed by atoms with van der Waals surface area (Å²) >= 11 is 0. The lowest BCUT2D eigenvalue weighted by atomic mass is 10.0. The molecular formula is C24H32N2O2. The van der Waals surface area contributed by atoms with E-state index in [9.17, 15) is 9.59 Å². The highest BCUT2D eigenvalue weighted by Crippen LogP contribution is 2.14. The first-order chi connectivity index (χ1) is 13.4. The van der Waals surface area contributed by atoms with Crippen LogP contribution in [0.1, 0.15) is 43.9 Å². The predicted molar refractivity (Wildman–Crippen MR) is 114 cm³/mol. The van der Waals surface area contributed by atoms with Gasteiger partial charge in [0.05, 0.1) is 6.42 Å². The Labute approximate surface area is 169 Å². The van der Waals surface area contributed by atoms with Crippen molar-refractivity contribution in [3.8, 4) is 0 Å². The fourth-order valence-corrected chi connectivity index (χ4v) is 3.35. The second kappa shape index (κ2) is 10.6. The average Bonchev–Trinajstić information content (AvgIpc) is 2.67. The van der Waals surface area contributed by atoms with Crippen LogP contribution in [0.15, 0.2) is 54.6 Å². The van der Waals surface area contributed by atoms with Gasteiger partial charge in [-0.1, -0.05) is 61.5 Å². The molecule has 0 saturated heterocycles.